The van der Waals surface area contributed by atoms with E-state index in [4.69, 9.17) is 9.47 Å². The molecular weight excluding hydrogens is 284 g/mol. The summed E-state index contributed by atoms with van der Waals surface area (Å²) < 4.78 is 10.1. The second kappa shape index (κ2) is 15.9. The third-order valence-electron chi connectivity index (χ3n) is 3.10. The fraction of sp³-hybridized carbons (Fsp3) is 0.875. The highest BCUT2D eigenvalue weighted by Crippen LogP contribution is 2.01. The summed E-state index contributed by atoms with van der Waals surface area (Å²) >= 11 is 0. The van der Waals surface area contributed by atoms with Crippen LogP contribution in [0.3, 0.4) is 0 Å². The van der Waals surface area contributed by atoms with E-state index < -0.39 is 0 Å². The van der Waals surface area contributed by atoms with Gasteiger partial charge >= 0.3 is 12.2 Å². The number of amides is 2. The second-order valence-electron chi connectivity index (χ2n) is 5.25. The van der Waals surface area contributed by atoms with Crippen LogP contribution in [0.4, 0.5) is 9.59 Å². The van der Waals surface area contributed by atoms with Crippen LogP contribution in [0.1, 0.15) is 65.2 Å². The van der Waals surface area contributed by atoms with E-state index in [0.29, 0.717) is 26.3 Å². The first kappa shape index (κ1) is 20.5. The lowest BCUT2D eigenvalue weighted by molar-refractivity contribution is 0.138. The maximum atomic E-state index is 11.2. The molecule has 0 radical (unpaired) electrons. The molecule has 0 heterocycles. The van der Waals surface area contributed by atoms with Crippen molar-refractivity contribution in [2.24, 2.45) is 0 Å². The van der Waals surface area contributed by atoms with E-state index in [0.717, 1.165) is 51.4 Å². The monoisotopic (exact) mass is 316 g/mol. The Kier molecular flexibility index (Phi) is 14.9. The molecule has 0 saturated heterocycles. The van der Waals surface area contributed by atoms with Gasteiger partial charge in [-0.15, -0.1) is 0 Å². The number of unbranched alkanes of at least 4 members (excludes halogenated alkanes) is 5. The summed E-state index contributed by atoms with van der Waals surface area (Å²) in [5, 5.41) is 5.41. The standard InChI is InChI=1S/C16H32N2O4/c1-3-5-11-17-15(19)21-13-9-7-8-10-14-22-16(20)18-12-6-4-2/h3-14H2,1-2H3,(H,17,19)(H,18,20). The van der Waals surface area contributed by atoms with Gasteiger partial charge in [0.1, 0.15) is 0 Å². The molecule has 6 nitrogen and oxygen atoms in total. The second-order valence-corrected chi connectivity index (χ2v) is 5.25. The largest absolute Gasteiger partial charge is 0.450 e. The Balaban J connectivity index is 3.23. The summed E-state index contributed by atoms with van der Waals surface area (Å²) in [6, 6.07) is 0. The van der Waals surface area contributed by atoms with Crippen molar-refractivity contribution in [1.82, 2.24) is 10.6 Å². The van der Waals surface area contributed by atoms with Crippen molar-refractivity contribution in [2.45, 2.75) is 65.2 Å². The van der Waals surface area contributed by atoms with Crippen LogP contribution in [0.25, 0.3) is 0 Å². The fourth-order valence-electron chi connectivity index (χ4n) is 1.72. The lowest BCUT2D eigenvalue weighted by Gasteiger charge is -2.07. The SMILES string of the molecule is CCCCNC(=O)OCCCCCCOC(=O)NCCCC. The van der Waals surface area contributed by atoms with Crippen LogP contribution < -0.4 is 10.6 Å². The van der Waals surface area contributed by atoms with E-state index in [1.165, 1.54) is 0 Å². The zero-order valence-corrected chi connectivity index (χ0v) is 14.1. The van der Waals surface area contributed by atoms with Gasteiger partial charge in [0, 0.05) is 13.1 Å². The van der Waals surface area contributed by atoms with Crippen LogP contribution in [-0.2, 0) is 9.47 Å². The van der Waals surface area contributed by atoms with Crippen LogP contribution in [-0.4, -0.2) is 38.5 Å². The van der Waals surface area contributed by atoms with Crippen LogP contribution >= 0.6 is 0 Å². The Labute approximate surface area is 134 Å². The highest BCUT2D eigenvalue weighted by atomic mass is 16.6. The summed E-state index contributed by atoms with van der Waals surface area (Å²) in [5.41, 5.74) is 0. The molecule has 2 amide bonds. The highest BCUT2D eigenvalue weighted by molar-refractivity contribution is 5.67. The van der Waals surface area contributed by atoms with Crippen LogP contribution in [0.15, 0.2) is 0 Å². The summed E-state index contributed by atoms with van der Waals surface area (Å²) in [6.07, 6.45) is 6.99. The molecule has 0 aromatic heterocycles. The number of carbonyl (C=O) groups excluding carboxylic acids is 2. The molecule has 0 atom stereocenters. The third-order valence-corrected chi connectivity index (χ3v) is 3.10. The molecule has 130 valence electrons. The Hall–Kier alpha value is -1.46. The minimum absolute atomic E-state index is 0.333. The van der Waals surface area contributed by atoms with Gasteiger partial charge in [0.05, 0.1) is 13.2 Å². The molecule has 0 aromatic rings. The molecule has 6 heteroatoms. The van der Waals surface area contributed by atoms with Crippen molar-refractivity contribution < 1.29 is 19.1 Å². The molecule has 0 rings (SSSR count). The molecule has 2 N–H and O–H groups in total. The first-order valence-electron chi connectivity index (χ1n) is 8.52. The summed E-state index contributed by atoms with van der Waals surface area (Å²) in [5.74, 6) is 0. The van der Waals surface area contributed by atoms with Gasteiger partial charge < -0.3 is 20.1 Å². The number of hydrogen-bond acceptors (Lipinski definition) is 4. The van der Waals surface area contributed by atoms with Gasteiger partial charge in [0.15, 0.2) is 0 Å². The lowest BCUT2D eigenvalue weighted by Crippen LogP contribution is -2.25. The van der Waals surface area contributed by atoms with E-state index >= 15 is 0 Å². The van der Waals surface area contributed by atoms with Gasteiger partial charge in [-0.2, -0.15) is 0 Å². The number of carbonyl (C=O) groups is 2. The molecule has 0 aliphatic heterocycles. The molecule has 0 fully saturated rings. The molecule has 0 spiro atoms. The van der Waals surface area contributed by atoms with Gasteiger partial charge in [-0.3, -0.25) is 0 Å². The normalized spacial score (nSPS) is 10.1. The number of nitrogens with one attached hydrogen (secondary N) is 2. The quantitative estimate of drug-likeness (QED) is 0.509. The van der Waals surface area contributed by atoms with Crippen molar-refractivity contribution in [3.8, 4) is 0 Å². The predicted octanol–water partition coefficient (Wildman–Crippen LogP) is 3.60. The average molecular weight is 316 g/mol. The Morgan fingerprint density at radius 2 is 1.09 bits per heavy atom. The molecule has 0 aromatic carbocycles. The van der Waals surface area contributed by atoms with Crippen molar-refractivity contribution >= 4 is 12.2 Å². The minimum Gasteiger partial charge on any atom is -0.450 e. The Bertz CT molecular complexity index is 257. The van der Waals surface area contributed by atoms with E-state index in [1.54, 1.807) is 0 Å². The van der Waals surface area contributed by atoms with Gasteiger partial charge in [-0.05, 0) is 38.5 Å². The van der Waals surface area contributed by atoms with Gasteiger partial charge in [-0.1, -0.05) is 26.7 Å². The van der Waals surface area contributed by atoms with Crippen LogP contribution in [0, 0.1) is 0 Å². The predicted molar refractivity (Wildman–Crippen MR) is 87.0 cm³/mol. The van der Waals surface area contributed by atoms with E-state index in [-0.39, 0.29) is 12.2 Å². The molecule has 0 aliphatic rings. The van der Waals surface area contributed by atoms with Crippen LogP contribution in [0.5, 0.6) is 0 Å². The molecule has 22 heavy (non-hydrogen) atoms. The maximum absolute atomic E-state index is 11.2. The fourth-order valence-corrected chi connectivity index (χ4v) is 1.72. The van der Waals surface area contributed by atoms with Crippen molar-refractivity contribution in [3.63, 3.8) is 0 Å². The molecular formula is C16H32N2O4. The minimum atomic E-state index is -0.333. The van der Waals surface area contributed by atoms with E-state index in [2.05, 4.69) is 24.5 Å². The molecule has 0 bridgehead atoms. The summed E-state index contributed by atoms with van der Waals surface area (Å²) in [7, 11) is 0. The summed E-state index contributed by atoms with van der Waals surface area (Å²) in [4.78, 5) is 22.5. The Morgan fingerprint density at radius 3 is 1.45 bits per heavy atom. The highest BCUT2D eigenvalue weighted by Gasteiger charge is 2.01. The number of ether oxygens (including phenoxy) is 2. The van der Waals surface area contributed by atoms with Crippen LogP contribution in [0.2, 0.25) is 0 Å². The van der Waals surface area contributed by atoms with Crippen molar-refractivity contribution in [3.05, 3.63) is 0 Å². The van der Waals surface area contributed by atoms with Gasteiger partial charge in [0.25, 0.3) is 0 Å². The van der Waals surface area contributed by atoms with Crippen molar-refractivity contribution in [2.75, 3.05) is 26.3 Å². The first-order valence-corrected chi connectivity index (χ1v) is 8.52. The number of hydrogen-bond donors (Lipinski definition) is 2. The molecule has 0 saturated carbocycles. The zero-order valence-electron chi connectivity index (χ0n) is 14.1. The average Bonchev–Trinajstić information content (AvgIpc) is 2.50. The van der Waals surface area contributed by atoms with E-state index in [1.807, 2.05) is 0 Å². The lowest BCUT2D eigenvalue weighted by atomic mass is 10.2. The number of rotatable bonds is 13. The molecule has 0 aliphatic carbocycles. The van der Waals surface area contributed by atoms with Gasteiger partial charge in [0.2, 0.25) is 0 Å². The maximum Gasteiger partial charge on any atom is 0.407 e. The van der Waals surface area contributed by atoms with Gasteiger partial charge in [-0.25, -0.2) is 9.59 Å². The third kappa shape index (κ3) is 14.9. The smallest absolute Gasteiger partial charge is 0.407 e. The van der Waals surface area contributed by atoms with E-state index in [9.17, 15) is 9.59 Å². The summed E-state index contributed by atoms with van der Waals surface area (Å²) in [6.45, 7) is 6.38. The molecule has 0 unspecified atom stereocenters. The topological polar surface area (TPSA) is 76.7 Å². The number of alkyl carbamates (subject to hydrolysis) is 2. The first-order chi connectivity index (χ1) is 10.7. The Morgan fingerprint density at radius 1 is 0.682 bits per heavy atom. The zero-order chi connectivity index (χ0) is 16.5. The van der Waals surface area contributed by atoms with Crippen molar-refractivity contribution in [1.29, 1.82) is 0 Å².